The molecule has 2 aromatic rings. The Bertz CT molecular complexity index is 1100. The fourth-order valence-corrected chi connectivity index (χ4v) is 3.68. The van der Waals surface area contributed by atoms with Gasteiger partial charge < -0.3 is 9.47 Å². The predicted octanol–water partition coefficient (Wildman–Crippen LogP) is 7.09. The molecular formula is C23H18ClF7O3. The molecule has 0 saturated heterocycles. The molecule has 2 atom stereocenters. The summed E-state index contributed by atoms with van der Waals surface area (Å²) in [6.07, 6.45) is -8.90. The van der Waals surface area contributed by atoms with Gasteiger partial charge in [-0.1, -0.05) is 55.8 Å². The van der Waals surface area contributed by atoms with E-state index in [1.165, 1.54) is 13.8 Å². The highest BCUT2D eigenvalue weighted by molar-refractivity contribution is 6.30. The van der Waals surface area contributed by atoms with Crippen molar-refractivity contribution >= 4 is 17.6 Å². The summed E-state index contributed by atoms with van der Waals surface area (Å²) in [6, 6.07) is 9.50. The lowest BCUT2D eigenvalue weighted by Gasteiger charge is -2.19. The number of para-hydroxylation sites is 1. The molecule has 1 aliphatic rings. The van der Waals surface area contributed by atoms with Crippen molar-refractivity contribution in [2.75, 3.05) is 0 Å². The average molecular weight is 511 g/mol. The van der Waals surface area contributed by atoms with Crippen LogP contribution in [0.15, 0.2) is 53.6 Å². The van der Waals surface area contributed by atoms with Crippen molar-refractivity contribution in [3.63, 3.8) is 0 Å². The van der Waals surface area contributed by atoms with Crippen molar-refractivity contribution in [3.05, 3.63) is 76.3 Å². The van der Waals surface area contributed by atoms with E-state index in [-0.39, 0.29) is 5.56 Å². The van der Waals surface area contributed by atoms with Crippen LogP contribution in [0.3, 0.4) is 0 Å². The van der Waals surface area contributed by atoms with E-state index in [0.29, 0.717) is 17.9 Å². The maximum Gasteiger partial charge on any atom is 0.431 e. The van der Waals surface area contributed by atoms with Gasteiger partial charge >= 0.3 is 18.3 Å². The second kappa shape index (κ2) is 9.13. The lowest BCUT2D eigenvalue weighted by Crippen LogP contribution is -2.26. The van der Waals surface area contributed by atoms with Crippen LogP contribution in [0.4, 0.5) is 30.7 Å². The summed E-state index contributed by atoms with van der Waals surface area (Å²) in [5, 5.41) is -1.51. The lowest BCUT2D eigenvalue weighted by molar-refractivity contribution is -0.243. The zero-order valence-corrected chi connectivity index (χ0v) is 18.5. The van der Waals surface area contributed by atoms with Crippen molar-refractivity contribution in [2.45, 2.75) is 32.7 Å². The quantitative estimate of drug-likeness (QED) is 0.294. The van der Waals surface area contributed by atoms with Crippen molar-refractivity contribution in [1.82, 2.24) is 0 Å². The number of esters is 1. The van der Waals surface area contributed by atoms with Crippen molar-refractivity contribution < 1.29 is 45.0 Å². The second-order valence-corrected chi connectivity index (χ2v) is 8.68. The number of carbonyl (C=O) groups is 1. The molecule has 1 saturated carbocycles. The van der Waals surface area contributed by atoms with Gasteiger partial charge in [0.2, 0.25) is 0 Å². The first-order chi connectivity index (χ1) is 15.7. The van der Waals surface area contributed by atoms with Gasteiger partial charge in [-0.15, -0.1) is 0 Å². The van der Waals surface area contributed by atoms with Crippen molar-refractivity contribution in [1.29, 1.82) is 0 Å². The van der Waals surface area contributed by atoms with Crippen molar-refractivity contribution in [2.24, 2.45) is 17.3 Å². The van der Waals surface area contributed by atoms with Crippen LogP contribution in [-0.4, -0.2) is 12.1 Å². The van der Waals surface area contributed by atoms with Gasteiger partial charge in [0.1, 0.15) is 23.0 Å². The van der Waals surface area contributed by atoms with Crippen LogP contribution in [0.25, 0.3) is 0 Å². The SMILES string of the molecule is CC1(C)C(C=C(Cl)C(F)(F)F)C1C(=O)OC(F)(F)c1ccc(COc2ccccc2)c(F)c1F. The highest BCUT2D eigenvalue weighted by atomic mass is 35.5. The molecule has 1 fully saturated rings. The van der Waals surface area contributed by atoms with Gasteiger partial charge in [0.05, 0.1) is 5.92 Å². The molecule has 184 valence electrons. The number of ether oxygens (including phenoxy) is 2. The number of benzene rings is 2. The van der Waals surface area contributed by atoms with Gasteiger partial charge in [-0.2, -0.15) is 22.0 Å². The topological polar surface area (TPSA) is 35.5 Å². The third-order valence-corrected chi connectivity index (χ3v) is 5.94. The van der Waals surface area contributed by atoms with E-state index in [1.807, 2.05) is 0 Å². The Balaban J connectivity index is 1.74. The monoisotopic (exact) mass is 510 g/mol. The van der Waals surface area contributed by atoms with Crippen LogP contribution in [0, 0.1) is 28.9 Å². The smallest absolute Gasteiger partial charge is 0.431 e. The molecule has 0 amide bonds. The predicted molar refractivity (Wildman–Crippen MR) is 108 cm³/mol. The van der Waals surface area contributed by atoms with Crippen molar-refractivity contribution in [3.8, 4) is 5.75 Å². The van der Waals surface area contributed by atoms with Gasteiger partial charge in [-0.05, 0) is 29.5 Å². The number of hydrogen-bond acceptors (Lipinski definition) is 3. The minimum atomic E-state index is -4.87. The van der Waals surface area contributed by atoms with E-state index in [2.05, 4.69) is 4.74 Å². The summed E-state index contributed by atoms with van der Waals surface area (Å²) in [5.41, 5.74) is -3.07. The highest BCUT2D eigenvalue weighted by Crippen LogP contribution is 2.61. The number of halogens is 8. The number of rotatable bonds is 7. The fourth-order valence-electron chi connectivity index (χ4n) is 3.54. The van der Waals surface area contributed by atoms with Crippen LogP contribution in [-0.2, 0) is 22.2 Å². The molecule has 11 heteroatoms. The summed E-state index contributed by atoms with van der Waals surface area (Å²) < 4.78 is 105. The van der Waals surface area contributed by atoms with Gasteiger partial charge in [0.15, 0.2) is 11.6 Å². The van der Waals surface area contributed by atoms with Crippen LogP contribution >= 0.6 is 11.6 Å². The molecule has 1 aliphatic carbocycles. The van der Waals surface area contributed by atoms with Crippen LogP contribution < -0.4 is 4.74 Å². The maximum absolute atomic E-state index is 14.5. The van der Waals surface area contributed by atoms with Crippen LogP contribution in [0.5, 0.6) is 5.75 Å². The zero-order chi connectivity index (χ0) is 25.5. The van der Waals surface area contributed by atoms with Gasteiger partial charge in [-0.25, -0.2) is 8.78 Å². The minimum absolute atomic E-state index is 0.340. The molecule has 0 N–H and O–H groups in total. The van der Waals surface area contributed by atoms with Gasteiger partial charge in [-0.3, -0.25) is 4.79 Å². The molecule has 2 aromatic carbocycles. The molecule has 0 spiro atoms. The van der Waals surface area contributed by atoms with E-state index in [1.54, 1.807) is 30.3 Å². The van der Waals surface area contributed by atoms with Gasteiger partial charge in [0, 0.05) is 5.56 Å². The number of hydrogen-bond donors (Lipinski definition) is 0. The first kappa shape index (κ1) is 25.9. The Kier molecular flexibility index (Phi) is 6.94. The second-order valence-electron chi connectivity index (χ2n) is 8.28. The van der Waals surface area contributed by atoms with E-state index in [9.17, 15) is 35.5 Å². The minimum Gasteiger partial charge on any atom is -0.489 e. The summed E-state index contributed by atoms with van der Waals surface area (Å²) in [5.74, 6) is -7.32. The summed E-state index contributed by atoms with van der Waals surface area (Å²) in [7, 11) is 0. The lowest BCUT2D eigenvalue weighted by atomic mass is 10.1. The Labute approximate surface area is 195 Å². The largest absolute Gasteiger partial charge is 0.489 e. The Morgan fingerprint density at radius 2 is 1.65 bits per heavy atom. The summed E-state index contributed by atoms with van der Waals surface area (Å²) in [6.45, 7) is 2.27. The normalized spacial score (nSPS) is 20.1. The molecule has 0 heterocycles. The Hall–Kier alpha value is -2.75. The zero-order valence-electron chi connectivity index (χ0n) is 17.7. The van der Waals surface area contributed by atoms with Crippen LogP contribution in [0.2, 0.25) is 0 Å². The third kappa shape index (κ3) is 5.32. The number of allylic oxidation sites excluding steroid dienone is 2. The average Bonchev–Trinajstić information content (AvgIpc) is 3.28. The standard InChI is InChI=1S/C23H18ClF7O3/c1-21(2)15(10-16(24)22(27,28)29)17(21)20(32)34-23(30,31)14-9-8-12(18(25)19(14)26)11-33-13-6-4-3-5-7-13/h3-10,15,17H,11H2,1-2H3. The Morgan fingerprint density at radius 1 is 1.03 bits per heavy atom. The molecule has 3 nitrogen and oxygen atoms in total. The number of carbonyl (C=O) groups excluding carboxylic acids is 1. The molecule has 0 aliphatic heterocycles. The number of alkyl halides is 5. The Morgan fingerprint density at radius 3 is 2.24 bits per heavy atom. The fraction of sp³-hybridized carbons (Fsp3) is 0.348. The highest BCUT2D eigenvalue weighted by Gasteiger charge is 2.63. The molecule has 0 radical (unpaired) electrons. The molecular weight excluding hydrogens is 493 g/mol. The molecule has 0 aromatic heterocycles. The summed E-state index contributed by atoms with van der Waals surface area (Å²) >= 11 is 5.17. The summed E-state index contributed by atoms with van der Waals surface area (Å²) in [4.78, 5) is 12.3. The molecule has 34 heavy (non-hydrogen) atoms. The molecule has 0 bridgehead atoms. The first-order valence-corrected chi connectivity index (χ1v) is 10.2. The van der Waals surface area contributed by atoms with Crippen LogP contribution in [0.1, 0.15) is 25.0 Å². The third-order valence-electron chi connectivity index (χ3n) is 5.60. The first-order valence-electron chi connectivity index (χ1n) is 9.86. The van der Waals surface area contributed by atoms with E-state index < -0.39 is 64.3 Å². The van der Waals surface area contributed by atoms with E-state index in [4.69, 9.17) is 16.3 Å². The van der Waals surface area contributed by atoms with Gasteiger partial charge in [0.25, 0.3) is 0 Å². The maximum atomic E-state index is 14.5. The van der Waals surface area contributed by atoms with E-state index >= 15 is 0 Å². The molecule has 3 rings (SSSR count). The van der Waals surface area contributed by atoms with E-state index in [0.717, 1.165) is 6.07 Å². The molecule has 2 unspecified atom stereocenters.